The average Bonchev–Trinajstić information content (AvgIpc) is 2.38. The first-order valence-corrected chi connectivity index (χ1v) is 5.68. The number of para-hydroxylation sites is 2. The highest BCUT2D eigenvalue weighted by molar-refractivity contribution is 5.70. The molecular weight excluding hydrogens is 204 g/mol. The van der Waals surface area contributed by atoms with Crippen LogP contribution in [0.15, 0.2) is 24.3 Å². The molecule has 1 aliphatic rings. The fourth-order valence-electron chi connectivity index (χ4n) is 1.89. The van der Waals surface area contributed by atoms with E-state index in [-0.39, 0.29) is 6.61 Å². The lowest BCUT2D eigenvalue weighted by atomic mass is 10.2. The van der Waals surface area contributed by atoms with Crippen LogP contribution in [-0.4, -0.2) is 44.6 Å². The highest BCUT2D eigenvalue weighted by atomic mass is 16.5. The van der Waals surface area contributed by atoms with Gasteiger partial charge in [0.1, 0.15) is 0 Å². The third-order valence-electron chi connectivity index (χ3n) is 2.68. The summed E-state index contributed by atoms with van der Waals surface area (Å²) in [4.78, 5) is 2.31. The summed E-state index contributed by atoms with van der Waals surface area (Å²) in [5, 5.41) is 12.1. The van der Waals surface area contributed by atoms with Crippen LogP contribution in [0.1, 0.15) is 0 Å². The largest absolute Gasteiger partial charge is 0.395 e. The highest BCUT2D eigenvalue weighted by Gasteiger charge is 2.13. The van der Waals surface area contributed by atoms with Crippen LogP contribution in [0.5, 0.6) is 0 Å². The summed E-state index contributed by atoms with van der Waals surface area (Å²) in [5.74, 6) is 0. The van der Waals surface area contributed by atoms with E-state index in [9.17, 15) is 0 Å². The van der Waals surface area contributed by atoms with Gasteiger partial charge in [-0.2, -0.15) is 0 Å². The molecule has 1 aliphatic heterocycles. The Kier molecular flexibility index (Phi) is 4.02. The minimum absolute atomic E-state index is 0.150. The van der Waals surface area contributed by atoms with Crippen molar-refractivity contribution >= 4 is 11.4 Å². The number of anilines is 2. The molecule has 0 unspecified atom stereocenters. The summed E-state index contributed by atoms with van der Waals surface area (Å²) in [7, 11) is 0. The molecule has 0 atom stereocenters. The maximum atomic E-state index is 8.83. The second kappa shape index (κ2) is 5.72. The standard InChI is InChI=1S/C12H18N2O2/c15-8-5-13-11-3-1-2-4-12(11)14-6-9-16-10-7-14/h1-4,13,15H,5-10H2. The molecule has 1 aromatic rings. The number of rotatable bonds is 4. The number of morpholine rings is 1. The van der Waals surface area contributed by atoms with E-state index in [1.54, 1.807) is 0 Å². The van der Waals surface area contributed by atoms with Crippen LogP contribution in [-0.2, 0) is 4.74 Å². The van der Waals surface area contributed by atoms with Crippen LogP contribution in [0, 0.1) is 0 Å². The van der Waals surface area contributed by atoms with E-state index in [2.05, 4.69) is 16.3 Å². The number of benzene rings is 1. The summed E-state index contributed by atoms with van der Waals surface area (Å²) in [6.45, 7) is 4.16. The Hall–Kier alpha value is -1.26. The van der Waals surface area contributed by atoms with Crippen molar-refractivity contribution < 1.29 is 9.84 Å². The Bertz CT molecular complexity index is 325. The average molecular weight is 222 g/mol. The van der Waals surface area contributed by atoms with Gasteiger partial charge in [-0.05, 0) is 12.1 Å². The van der Waals surface area contributed by atoms with Crippen molar-refractivity contribution in [3.63, 3.8) is 0 Å². The van der Waals surface area contributed by atoms with Gasteiger partial charge in [-0.3, -0.25) is 0 Å². The number of aliphatic hydroxyl groups is 1. The maximum absolute atomic E-state index is 8.83. The topological polar surface area (TPSA) is 44.7 Å². The summed E-state index contributed by atoms with van der Waals surface area (Å²) < 4.78 is 5.34. The Morgan fingerprint density at radius 3 is 2.75 bits per heavy atom. The van der Waals surface area contributed by atoms with E-state index in [0.717, 1.165) is 32.0 Å². The molecule has 0 bridgehead atoms. The molecule has 4 nitrogen and oxygen atoms in total. The van der Waals surface area contributed by atoms with Crippen molar-refractivity contribution in [2.45, 2.75) is 0 Å². The minimum Gasteiger partial charge on any atom is -0.395 e. The summed E-state index contributed by atoms with van der Waals surface area (Å²) in [6.07, 6.45) is 0. The van der Waals surface area contributed by atoms with Gasteiger partial charge < -0.3 is 20.1 Å². The van der Waals surface area contributed by atoms with Gasteiger partial charge in [0.2, 0.25) is 0 Å². The van der Waals surface area contributed by atoms with E-state index >= 15 is 0 Å². The molecule has 16 heavy (non-hydrogen) atoms. The molecule has 4 heteroatoms. The number of hydrogen-bond acceptors (Lipinski definition) is 4. The third-order valence-corrected chi connectivity index (χ3v) is 2.68. The first-order valence-electron chi connectivity index (χ1n) is 5.68. The van der Waals surface area contributed by atoms with E-state index in [1.807, 2.05) is 18.2 Å². The summed E-state index contributed by atoms with van der Waals surface area (Å²) in [6, 6.07) is 8.18. The first-order chi connectivity index (χ1) is 7.92. The van der Waals surface area contributed by atoms with E-state index in [1.165, 1.54) is 5.69 Å². The van der Waals surface area contributed by atoms with Crippen LogP contribution in [0.2, 0.25) is 0 Å². The van der Waals surface area contributed by atoms with Gasteiger partial charge in [-0.15, -0.1) is 0 Å². The van der Waals surface area contributed by atoms with E-state index in [0.29, 0.717) is 6.54 Å². The third kappa shape index (κ3) is 2.65. The van der Waals surface area contributed by atoms with Crippen LogP contribution in [0.3, 0.4) is 0 Å². The molecule has 1 fully saturated rings. The molecule has 1 aromatic carbocycles. The SMILES string of the molecule is OCCNc1ccccc1N1CCOCC1. The second-order valence-electron chi connectivity index (χ2n) is 3.77. The molecule has 88 valence electrons. The lowest BCUT2D eigenvalue weighted by Crippen LogP contribution is -2.36. The van der Waals surface area contributed by atoms with Gasteiger partial charge in [0.05, 0.1) is 31.2 Å². The second-order valence-corrected chi connectivity index (χ2v) is 3.77. The Labute approximate surface area is 95.8 Å². The predicted molar refractivity (Wildman–Crippen MR) is 65.0 cm³/mol. The van der Waals surface area contributed by atoms with Crippen LogP contribution in [0.4, 0.5) is 11.4 Å². The molecule has 2 N–H and O–H groups in total. The molecule has 0 aliphatic carbocycles. The van der Waals surface area contributed by atoms with Gasteiger partial charge in [0, 0.05) is 19.6 Å². The van der Waals surface area contributed by atoms with Crippen molar-refractivity contribution in [3.05, 3.63) is 24.3 Å². The quantitative estimate of drug-likeness (QED) is 0.795. The lowest BCUT2D eigenvalue weighted by molar-refractivity contribution is 0.123. The molecule has 1 heterocycles. The lowest BCUT2D eigenvalue weighted by Gasteiger charge is -2.30. The first kappa shape index (κ1) is 11.2. The predicted octanol–water partition coefficient (Wildman–Crippen LogP) is 0.927. The Morgan fingerprint density at radius 1 is 1.25 bits per heavy atom. The van der Waals surface area contributed by atoms with Gasteiger partial charge in [-0.1, -0.05) is 12.1 Å². The van der Waals surface area contributed by atoms with Crippen LogP contribution in [0.25, 0.3) is 0 Å². The maximum Gasteiger partial charge on any atom is 0.0642 e. The number of nitrogens with one attached hydrogen (secondary N) is 1. The molecule has 0 amide bonds. The zero-order valence-electron chi connectivity index (χ0n) is 9.35. The van der Waals surface area contributed by atoms with Crippen LogP contribution >= 0.6 is 0 Å². The molecule has 0 spiro atoms. The highest BCUT2D eigenvalue weighted by Crippen LogP contribution is 2.25. The zero-order chi connectivity index (χ0) is 11.2. The van der Waals surface area contributed by atoms with Gasteiger partial charge in [0.15, 0.2) is 0 Å². The fraction of sp³-hybridized carbons (Fsp3) is 0.500. The van der Waals surface area contributed by atoms with Gasteiger partial charge in [0.25, 0.3) is 0 Å². The Balaban J connectivity index is 2.11. The Morgan fingerprint density at radius 2 is 2.00 bits per heavy atom. The number of ether oxygens (including phenoxy) is 1. The van der Waals surface area contributed by atoms with Crippen molar-refractivity contribution in [2.75, 3.05) is 49.7 Å². The number of nitrogens with zero attached hydrogens (tertiary/aromatic N) is 1. The monoisotopic (exact) mass is 222 g/mol. The minimum atomic E-state index is 0.150. The van der Waals surface area contributed by atoms with E-state index < -0.39 is 0 Å². The van der Waals surface area contributed by atoms with E-state index in [4.69, 9.17) is 9.84 Å². The molecule has 0 aromatic heterocycles. The molecule has 0 radical (unpaired) electrons. The zero-order valence-corrected chi connectivity index (χ0v) is 9.35. The molecule has 2 rings (SSSR count). The summed E-state index contributed by atoms with van der Waals surface area (Å²) >= 11 is 0. The number of aliphatic hydroxyl groups excluding tert-OH is 1. The van der Waals surface area contributed by atoms with Crippen LogP contribution < -0.4 is 10.2 Å². The van der Waals surface area contributed by atoms with Gasteiger partial charge in [-0.25, -0.2) is 0 Å². The smallest absolute Gasteiger partial charge is 0.0642 e. The summed E-state index contributed by atoms with van der Waals surface area (Å²) in [5.41, 5.74) is 2.28. The van der Waals surface area contributed by atoms with Crippen molar-refractivity contribution in [3.8, 4) is 0 Å². The van der Waals surface area contributed by atoms with Crippen molar-refractivity contribution in [1.29, 1.82) is 0 Å². The van der Waals surface area contributed by atoms with Crippen molar-refractivity contribution in [1.82, 2.24) is 0 Å². The van der Waals surface area contributed by atoms with Gasteiger partial charge >= 0.3 is 0 Å². The molecule has 0 saturated carbocycles. The fourth-order valence-corrected chi connectivity index (χ4v) is 1.89. The molecular formula is C12H18N2O2. The normalized spacial score (nSPS) is 16.2. The molecule has 1 saturated heterocycles. The van der Waals surface area contributed by atoms with Crippen molar-refractivity contribution in [2.24, 2.45) is 0 Å². The number of hydrogen-bond donors (Lipinski definition) is 2.